The normalized spacial score (nSPS) is 14.0. The first-order valence-electron chi connectivity index (χ1n) is 21.4. The van der Waals surface area contributed by atoms with Gasteiger partial charge in [-0.05, 0) is 64.2 Å². The van der Waals surface area contributed by atoms with Crippen LogP contribution in [-0.4, -0.2) is 59.9 Å². The van der Waals surface area contributed by atoms with E-state index in [-0.39, 0.29) is 19.4 Å². The van der Waals surface area contributed by atoms with E-state index >= 15 is 0 Å². The smallest absolute Gasteiger partial charge is 0.472 e. The number of carbonyl (C=O) groups is 3. The molecule has 0 aromatic heterocycles. The molecule has 0 aliphatic rings. The molecule has 0 saturated carbocycles. The summed E-state index contributed by atoms with van der Waals surface area (Å²) in [4.78, 5) is 45.9. The van der Waals surface area contributed by atoms with Crippen LogP contribution in [0.4, 0.5) is 0 Å². The van der Waals surface area contributed by atoms with Crippen LogP contribution in [0.25, 0.3) is 0 Å². The maximum absolute atomic E-state index is 12.6. The van der Waals surface area contributed by atoms with E-state index in [4.69, 9.17) is 24.8 Å². The molecular weight excluding hydrogens is 709 g/mol. The number of phosphoric ester groups is 1. The Kier molecular flexibility index (Phi) is 36.4. The van der Waals surface area contributed by atoms with E-state index in [0.717, 1.165) is 64.2 Å². The van der Waals surface area contributed by atoms with Gasteiger partial charge in [-0.3, -0.25) is 23.4 Å². The van der Waals surface area contributed by atoms with E-state index in [1.807, 2.05) is 0 Å². The van der Waals surface area contributed by atoms with Crippen LogP contribution in [-0.2, 0) is 37.5 Å². The van der Waals surface area contributed by atoms with Crippen molar-refractivity contribution in [1.29, 1.82) is 0 Å². The van der Waals surface area contributed by atoms with E-state index < -0.39 is 51.1 Å². The Morgan fingerprint density at radius 1 is 0.556 bits per heavy atom. The number of unbranched alkanes of at least 4 members (excludes halogenated alkanes) is 22. The third kappa shape index (κ3) is 36.9. The number of carboxylic acid groups (broad SMARTS) is 1. The lowest BCUT2D eigenvalue weighted by molar-refractivity contribution is -0.161. The van der Waals surface area contributed by atoms with Crippen molar-refractivity contribution in [3.05, 3.63) is 24.3 Å². The third-order valence-corrected chi connectivity index (χ3v) is 10.1. The fraction of sp³-hybridized carbons (Fsp3) is 0.833. The first-order valence-corrected chi connectivity index (χ1v) is 22.9. The van der Waals surface area contributed by atoms with Crippen molar-refractivity contribution in [3.8, 4) is 0 Å². The van der Waals surface area contributed by atoms with Crippen LogP contribution in [0.1, 0.15) is 194 Å². The lowest BCUT2D eigenvalue weighted by atomic mass is 10.1. The molecule has 3 atom stereocenters. The molecule has 0 bridgehead atoms. The molecule has 316 valence electrons. The maximum atomic E-state index is 12.6. The highest BCUT2D eigenvalue weighted by Gasteiger charge is 2.28. The standard InChI is InChI=1S/C42H78NO10P/c1-3-5-7-9-11-13-15-17-18-19-20-22-23-25-27-29-31-33-40(44)50-35-38(36-51-54(48,49)52-37-39(43)42(46)47)53-41(45)34-32-30-28-26-24-21-16-14-12-10-8-6-4-2/h14,16-18,38-39H,3-13,15,19-37,43H2,1-2H3,(H,46,47)(H,48,49)/b16-14-,18-17-/t38-,39+/m1/s1. The minimum absolute atomic E-state index is 0.152. The van der Waals surface area contributed by atoms with Crippen LogP contribution in [0.5, 0.6) is 0 Å². The van der Waals surface area contributed by atoms with E-state index in [1.54, 1.807) is 0 Å². The van der Waals surface area contributed by atoms with Crippen molar-refractivity contribution in [3.63, 3.8) is 0 Å². The van der Waals surface area contributed by atoms with Gasteiger partial charge in [0.05, 0.1) is 13.2 Å². The lowest BCUT2D eigenvalue weighted by Crippen LogP contribution is -2.34. The number of hydrogen-bond donors (Lipinski definition) is 3. The Hall–Kier alpha value is -2.04. The first-order chi connectivity index (χ1) is 26.1. The third-order valence-electron chi connectivity index (χ3n) is 9.17. The summed E-state index contributed by atoms with van der Waals surface area (Å²) in [6.07, 6.45) is 38.1. The van der Waals surface area contributed by atoms with Crippen molar-refractivity contribution < 1.29 is 47.5 Å². The van der Waals surface area contributed by atoms with Crippen molar-refractivity contribution in [2.75, 3.05) is 19.8 Å². The number of phosphoric acid groups is 1. The molecule has 4 N–H and O–H groups in total. The number of esters is 2. The summed E-state index contributed by atoms with van der Waals surface area (Å²) < 4.78 is 32.6. The van der Waals surface area contributed by atoms with Gasteiger partial charge in [0.1, 0.15) is 12.6 Å². The Morgan fingerprint density at radius 2 is 0.926 bits per heavy atom. The molecular formula is C42H78NO10P. The molecule has 0 spiro atoms. The molecule has 0 aliphatic carbocycles. The summed E-state index contributed by atoms with van der Waals surface area (Å²) in [5.74, 6) is -2.39. The Balaban J connectivity index is 4.36. The van der Waals surface area contributed by atoms with E-state index in [2.05, 4.69) is 42.7 Å². The van der Waals surface area contributed by atoms with Crippen LogP contribution in [0, 0.1) is 0 Å². The molecule has 0 aliphatic heterocycles. The second-order valence-corrected chi connectivity index (χ2v) is 15.9. The molecule has 0 saturated heterocycles. The van der Waals surface area contributed by atoms with E-state index in [0.29, 0.717) is 12.8 Å². The number of carboxylic acids is 1. The summed E-state index contributed by atoms with van der Waals surface area (Å²) in [7, 11) is -4.71. The molecule has 1 unspecified atom stereocenters. The monoisotopic (exact) mass is 788 g/mol. The van der Waals surface area contributed by atoms with Gasteiger partial charge in [-0.15, -0.1) is 0 Å². The highest BCUT2D eigenvalue weighted by atomic mass is 31.2. The topological polar surface area (TPSA) is 172 Å². The molecule has 0 amide bonds. The largest absolute Gasteiger partial charge is 0.480 e. The minimum Gasteiger partial charge on any atom is -0.480 e. The molecule has 0 rings (SSSR count). The molecule has 12 heteroatoms. The highest BCUT2D eigenvalue weighted by molar-refractivity contribution is 7.47. The van der Waals surface area contributed by atoms with Crippen molar-refractivity contribution in [2.45, 2.75) is 206 Å². The van der Waals surface area contributed by atoms with Crippen LogP contribution in [0.15, 0.2) is 24.3 Å². The second kappa shape index (κ2) is 37.9. The quantitative estimate of drug-likeness (QED) is 0.0233. The summed E-state index contributed by atoms with van der Waals surface area (Å²) in [6.45, 7) is 2.77. The number of allylic oxidation sites excluding steroid dienone is 4. The van der Waals surface area contributed by atoms with Gasteiger partial charge in [0.25, 0.3) is 0 Å². The molecule has 0 fully saturated rings. The fourth-order valence-corrected chi connectivity index (χ4v) is 6.54. The number of rotatable bonds is 40. The van der Waals surface area contributed by atoms with Gasteiger partial charge in [-0.25, -0.2) is 4.57 Å². The van der Waals surface area contributed by atoms with Crippen molar-refractivity contribution >= 4 is 25.7 Å². The number of aliphatic carboxylic acids is 1. The summed E-state index contributed by atoms with van der Waals surface area (Å²) in [5, 5.41) is 8.88. The Morgan fingerprint density at radius 3 is 1.37 bits per heavy atom. The zero-order valence-corrected chi connectivity index (χ0v) is 35.0. The van der Waals surface area contributed by atoms with Crippen molar-refractivity contribution in [1.82, 2.24) is 0 Å². The van der Waals surface area contributed by atoms with Gasteiger partial charge >= 0.3 is 25.7 Å². The predicted octanol–water partition coefficient (Wildman–Crippen LogP) is 11.1. The second-order valence-electron chi connectivity index (χ2n) is 14.5. The summed E-state index contributed by atoms with van der Waals surface area (Å²) in [5.41, 5.74) is 5.33. The maximum Gasteiger partial charge on any atom is 0.472 e. The van der Waals surface area contributed by atoms with Crippen LogP contribution < -0.4 is 5.73 Å². The zero-order valence-electron chi connectivity index (χ0n) is 34.1. The van der Waals surface area contributed by atoms with Crippen LogP contribution >= 0.6 is 7.82 Å². The highest BCUT2D eigenvalue weighted by Crippen LogP contribution is 2.43. The zero-order chi connectivity index (χ0) is 40.0. The first kappa shape index (κ1) is 52.0. The van der Waals surface area contributed by atoms with Gasteiger partial charge in [-0.2, -0.15) is 0 Å². The summed E-state index contributed by atoms with van der Waals surface area (Å²) >= 11 is 0. The number of hydrogen-bond acceptors (Lipinski definition) is 9. The van der Waals surface area contributed by atoms with Crippen LogP contribution in [0.2, 0.25) is 0 Å². The Bertz CT molecular complexity index is 1020. The lowest BCUT2D eigenvalue weighted by Gasteiger charge is -2.20. The summed E-state index contributed by atoms with van der Waals surface area (Å²) in [6, 6.07) is -1.52. The van der Waals surface area contributed by atoms with Crippen LogP contribution in [0.3, 0.4) is 0 Å². The number of carbonyl (C=O) groups excluding carboxylic acids is 2. The average Bonchev–Trinajstić information content (AvgIpc) is 3.14. The van der Waals surface area contributed by atoms with Crippen molar-refractivity contribution in [2.24, 2.45) is 5.73 Å². The average molecular weight is 788 g/mol. The number of nitrogens with two attached hydrogens (primary N) is 1. The van der Waals surface area contributed by atoms with Gasteiger partial charge in [0.2, 0.25) is 0 Å². The number of ether oxygens (including phenoxy) is 2. The minimum atomic E-state index is -4.71. The van der Waals surface area contributed by atoms with Gasteiger partial charge in [0.15, 0.2) is 6.10 Å². The molecule has 0 radical (unpaired) electrons. The predicted molar refractivity (Wildman–Crippen MR) is 217 cm³/mol. The van der Waals surface area contributed by atoms with E-state index in [9.17, 15) is 23.8 Å². The van der Waals surface area contributed by atoms with Gasteiger partial charge in [0, 0.05) is 12.8 Å². The fourth-order valence-electron chi connectivity index (χ4n) is 5.76. The molecule has 0 aromatic carbocycles. The molecule has 0 heterocycles. The van der Waals surface area contributed by atoms with Gasteiger partial charge < -0.3 is 25.2 Å². The van der Waals surface area contributed by atoms with Gasteiger partial charge in [-0.1, -0.05) is 141 Å². The molecule has 11 nitrogen and oxygen atoms in total. The molecule has 54 heavy (non-hydrogen) atoms. The molecule has 0 aromatic rings. The Labute approximate surface area is 328 Å². The SMILES string of the molecule is CCCCCC/C=C\CCCCCCCC(=O)O[C@H](COC(=O)CCCCCCCCC/C=C\CCCCCCCC)COP(=O)(O)OC[C@H](N)C(=O)O. The van der Waals surface area contributed by atoms with E-state index in [1.165, 1.54) is 89.9 Å².